The van der Waals surface area contributed by atoms with Gasteiger partial charge in [0, 0.05) is 72.4 Å². The summed E-state index contributed by atoms with van der Waals surface area (Å²) in [7, 11) is 2.15. The lowest BCUT2D eigenvalue weighted by molar-refractivity contribution is -0.137. The van der Waals surface area contributed by atoms with Gasteiger partial charge in [0.1, 0.15) is 10.9 Å². The number of hydrogen-bond donors (Lipinski definition) is 1. The molecule has 1 amide bonds. The Kier molecular flexibility index (Phi) is 9.32. The maximum atomic E-state index is 13.1. The fourth-order valence-corrected chi connectivity index (χ4v) is 6.02. The van der Waals surface area contributed by atoms with E-state index in [1.54, 1.807) is 24.5 Å². The number of halogens is 3. The molecule has 11 heteroatoms. The molecule has 0 unspecified atom stereocenters. The lowest BCUT2D eigenvalue weighted by Crippen LogP contribution is -2.44. The number of benzene rings is 3. The van der Waals surface area contributed by atoms with Crippen molar-refractivity contribution in [3.63, 3.8) is 0 Å². The average Bonchev–Trinajstić information content (AvgIpc) is 3.06. The zero-order valence-corrected chi connectivity index (χ0v) is 25.9. The molecule has 1 aliphatic heterocycles. The van der Waals surface area contributed by atoms with Gasteiger partial charge < -0.3 is 15.1 Å². The molecule has 0 bridgehead atoms. The highest BCUT2D eigenvalue weighted by molar-refractivity contribution is 7.99. The summed E-state index contributed by atoms with van der Waals surface area (Å²) in [5, 5.41) is 3.41. The van der Waals surface area contributed by atoms with E-state index in [1.165, 1.54) is 29.6 Å². The van der Waals surface area contributed by atoms with Crippen LogP contribution in [0.3, 0.4) is 0 Å². The second-order valence-electron chi connectivity index (χ2n) is 11.0. The van der Waals surface area contributed by atoms with Crippen molar-refractivity contribution in [2.45, 2.75) is 22.5 Å². The fraction of sp³-hybridized carbons (Fsp3) is 0.200. The van der Waals surface area contributed by atoms with Crippen LogP contribution in [0, 0.1) is 0 Å². The van der Waals surface area contributed by atoms with Crippen molar-refractivity contribution in [2.75, 3.05) is 43.4 Å². The SMILES string of the molecule is CN1CCN(c2ccc(Cc3nccc(-c4cccnc4Sc4ccc(NC(=O)c5cccc(C(F)(F)F)c5)cc4)n3)cc2)CC1. The molecule has 3 aromatic carbocycles. The van der Waals surface area contributed by atoms with Crippen LogP contribution in [0.25, 0.3) is 11.3 Å². The first kappa shape index (κ1) is 31.3. The van der Waals surface area contributed by atoms with Crippen molar-refractivity contribution in [3.05, 3.63) is 126 Å². The second-order valence-corrected chi connectivity index (χ2v) is 12.1. The van der Waals surface area contributed by atoms with Gasteiger partial charge in [0.25, 0.3) is 5.91 Å². The summed E-state index contributed by atoms with van der Waals surface area (Å²) >= 11 is 1.45. The molecule has 1 fully saturated rings. The monoisotopic (exact) mass is 640 g/mol. The van der Waals surface area contributed by atoms with Gasteiger partial charge in [-0.2, -0.15) is 13.2 Å². The van der Waals surface area contributed by atoms with E-state index in [0.29, 0.717) is 17.9 Å². The predicted molar refractivity (Wildman–Crippen MR) is 174 cm³/mol. The molecule has 5 aromatic rings. The van der Waals surface area contributed by atoms with Crippen LogP contribution in [0.4, 0.5) is 24.5 Å². The van der Waals surface area contributed by atoms with Crippen molar-refractivity contribution in [1.29, 1.82) is 0 Å². The number of pyridine rings is 1. The van der Waals surface area contributed by atoms with Gasteiger partial charge in [-0.3, -0.25) is 4.79 Å². The Bertz CT molecular complexity index is 1810. The van der Waals surface area contributed by atoms with E-state index in [2.05, 4.69) is 56.4 Å². The van der Waals surface area contributed by atoms with E-state index in [9.17, 15) is 18.0 Å². The predicted octanol–water partition coefficient (Wildman–Crippen LogP) is 7.30. The topological polar surface area (TPSA) is 74.2 Å². The number of nitrogens with one attached hydrogen (secondary N) is 1. The second kappa shape index (κ2) is 13.7. The van der Waals surface area contributed by atoms with Crippen LogP contribution in [-0.2, 0) is 12.6 Å². The third kappa shape index (κ3) is 7.72. The minimum absolute atomic E-state index is 0.0710. The molecule has 7 nitrogen and oxygen atoms in total. The van der Waals surface area contributed by atoms with E-state index in [-0.39, 0.29) is 5.56 Å². The molecule has 1 saturated heterocycles. The van der Waals surface area contributed by atoms with E-state index >= 15 is 0 Å². The van der Waals surface area contributed by atoms with Gasteiger partial charge in [0.05, 0.1) is 11.3 Å². The minimum atomic E-state index is -4.52. The highest BCUT2D eigenvalue weighted by Crippen LogP contribution is 2.34. The van der Waals surface area contributed by atoms with Gasteiger partial charge in [-0.15, -0.1) is 0 Å². The molecule has 234 valence electrons. The van der Waals surface area contributed by atoms with Gasteiger partial charge in [-0.25, -0.2) is 15.0 Å². The minimum Gasteiger partial charge on any atom is -0.369 e. The van der Waals surface area contributed by atoms with Gasteiger partial charge in [-0.05, 0) is 85.4 Å². The van der Waals surface area contributed by atoms with E-state index < -0.39 is 17.6 Å². The van der Waals surface area contributed by atoms with Crippen LogP contribution in [0.2, 0.25) is 0 Å². The Balaban J connectivity index is 1.11. The molecule has 6 rings (SSSR count). The fourth-order valence-electron chi connectivity index (χ4n) is 5.13. The summed E-state index contributed by atoms with van der Waals surface area (Å²) in [6, 6.07) is 25.7. The molecule has 2 aromatic heterocycles. The summed E-state index contributed by atoms with van der Waals surface area (Å²) in [5.74, 6) is 0.0922. The Labute approximate surface area is 269 Å². The molecule has 46 heavy (non-hydrogen) atoms. The maximum absolute atomic E-state index is 13.1. The summed E-state index contributed by atoms with van der Waals surface area (Å²) < 4.78 is 39.2. The standard InChI is InChI=1S/C35H31F3N6OS/c1-43-18-20-44(21-19-43)28-11-7-24(8-12-28)22-32-39-17-15-31(42-32)30-6-3-16-40-34(30)46-29-13-9-27(10-14-29)41-33(45)25-4-2-5-26(23-25)35(36,37)38/h2-17,23H,18-22H2,1H3,(H,41,45). The van der Waals surface area contributed by atoms with Crippen molar-refractivity contribution in [2.24, 2.45) is 0 Å². The van der Waals surface area contributed by atoms with E-state index in [1.807, 2.05) is 30.3 Å². The average molecular weight is 641 g/mol. The lowest BCUT2D eigenvalue weighted by Gasteiger charge is -2.34. The normalized spacial score (nSPS) is 13.9. The van der Waals surface area contributed by atoms with Crippen LogP contribution in [-0.4, -0.2) is 59.0 Å². The molecular formula is C35H31F3N6OS. The molecule has 0 saturated carbocycles. The molecule has 0 spiro atoms. The number of nitrogens with zero attached hydrogens (tertiary/aromatic N) is 5. The molecule has 0 atom stereocenters. The smallest absolute Gasteiger partial charge is 0.369 e. The number of amides is 1. The molecule has 0 aliphatic carbocycles. The van der Waals surface area contributed by atoms with Gasteiger partial charge in [0.15, 0.2) is 0 Å². The first-order valence-corrected chi connectivity index (χ1v) is 15.6. The van der Waals surface area contributed by atoms with Crippen molar-refractivity contribution >= 4 is 29.0 Å². The summed E-state index contributed by atoms with van der Waals surface area (Å²) in [6.45, 7) is 4.17. The summed E-state index contributed by atoms with van der Waals surface area (Å²) in [4.78, 5) is 32.2. The number of likely N-dealkylation sites (N-methyl/N-ethyl adjacent to an activating group) is 1. The zero-order valence-electron chi connectivity index (χ0n) is 25.0. The Morgan fingerprint density at radius 1 is 0.870 bits per heavy atom. The van der Waals surface area contributed by atoms with Gasteiger partial charge >= 0.3 is 6.18 Å². The van der Waals surface area contributed by atoms with Crippen LogP contribution >= 0.6 is 11.8 Å². The summed E-state index contributed by atoms with van der Waals surface area (Å²) in [6.07, 6.45) is -0.434. The van der Waals surface area contributed by atoms with E-state index in [4.69, 9.17) is 4.98 Å². The largest absolute Gasteiger partial charge is 0.416 e. The number of hydrogen-bond acceptors (Lipinski definition) is 7. The van der Waals surface area contributed by atoms with Crippen LogP contribution in [0.5, 0.6) is 0 Å². The number of piperazine rings is 1. The first-order chi connectivity index (χ1) is 22.2. The Morgan fingerprint density at radius 2 is 1.63 bits per heavy atom. The van der Waals surface area contributed by atoms with Crippen molar-refractivity contribution in [3.8, 4) is 11.3 Å². The third-order valence-electron chi connectivity index (χ3n) is 7.70. The Hall–Kier alpha value is -4.74. The van der Waals surface area contributed by atoms with Crippen LogP contribution < -0.4 is 10.2 Å². The molecule has 1 aliphatic rings. The number of anilines is 2. The lowest BCUT2D eigenvalue weighted by atomic mass is 10.1. The van der Waals surface area contributed by atoms with E-state index in [0.717, 1.165) is 65.1 Å². The molecule has 1 N–H and O–H groups in total. The highest BCUT2D eigenvalue weighted by Gasteiger charge is 2.31. The molecule has 3 heterocycles. The molecular weight excluding hydrogens is 609 g/mol. The van der Waals surface area contributed by atoms with Crippen molar-refractivity contribution in [1.82, 2.24) is 19.9 Å². The number of aromatic nitrogens is 3. The molecule has 0 radical (unpaired) electrons. The quantitative estimate of drug-likeness (QED) is 0.191. The van der Waals surface area contributed by atoms with Gasteiger partial charge in [-0.1, -0.05) is 30.0 Å². The van der Waals surface area contributed by atoms with Crippen molar-refractivity contribution < 1.29 is 18.0 Å². The van der Waals surface area contributed by atoms with Gasteiger partial charge in [0.2, 0.25) is 0 Å². The Morgan fingerprint density at radius 3 is 2.37 bits per heavy atom. The maximum Gasteiger partial charge on any atom is 0.416 e. The number of rotatable bonds is 8. The number of carbonyl (C=O) groups is 1. The number of alkyl halides is 3. The van der Waals surface area contributed by atoms with Crippen LogP contribution in [0.15, 0.2) is 113 Å². The highest BCUT2D eigenvalue weighted by atomic mass is 32.2. The summed E-state index contributed by atoms with van der Waals surface area (Å²) in [5.41, 5.74) is 3.52. The first-order valence-electron chi connectivity index (χ1n) is 14.8. The number of carbonyl (C=O) groups excluding carboxylic acids is 1. The zero-order chi connectivity index (χ0) is 32.1. The van der Waals surface area contributed by atoms with Crippen LogP contribution in [0.1, 0.15) is 27.3 Å². The third-order valence-corrected chi connectivity index (χ3v) is 8.72.